The van der Waals surface area contributed by atoms with Crippen LogP contribution in [-0.4, -0.2) is 20.4 Å². The Morgan fingerprint density at radius 2 is 0.561 bits per heavy atom. The van der Waals surface area contributed by atoms with Crippen LogP contribution < -0.4 is 26.2 Å². The average Bonchev–Trinajstić information content (AvgIpc) is 0.937. The Hall–Kier alpha value is -11.9. The Morgan fingerprint density at radius 3 is 0.982 bits per heavy atom. The lowest BCUT2D eigenvalue weighted by Gasteiger charge is -2.44. The molecule has 0 bridgehead atoms. The maximum Gasteiger partial charge on any atom is 0.252 e. The molecular weight excluding hydrogens is 1380 g/mol. The van der Waals surface area contributed by atoms with Gasteiger partial charge in [0.25, 0.3) is 6.71 Å². The summed E-state index contributed by atoms with van der Waals surface area (Å²) in [7, 11) is 0. The second-order valence-electron chi connectivity index (χ2n) is 38.3. The van der Waals surface area contributed by atoms with E-state index in [1.54, 1.807) is 0 Å². The molecule has 0 saturated carbocycles. The first kappa shape index (κ1) is 70.0. The molecule has 5 heterocycles. The maximum atomic E-state index is 2.65. The molecule has 4 aliphatic rings. The Kier molecular flexibility index (Phi) is 15.3. The number of hydrogen-bond donors (Lipinski definition) is 0. The van der Waals surface area contributed by atoms with Gasteiger partial charge in [0, 0.05) is 77.8 Å². The number of rotatable bonds is 8. The van der Waals surface area contributed by atoms with Gasteiger partial charge in [-0.25, -0.2) is 0 Å². The van der Waals surface area contributed by atoms with Crippen LogP contribution in [0.1, 0.15) is 156 Å². The molecule has 2 aliphatic heterocycles. The highest BCUT2D eigenvalue weighted by Crippen LogP contribution is 2.53. The molecule has 2 aliphatic carbocycles. The van der Waals surface area contributed by atoms with Crippen molar-refractivity contribution in [3.8, 4) is 50.4 Å². The van der Waals surface area contributed by atoms with Crippen molar-refractivity contribution in [1.82, 2.24) is 13.7 Å². The molecular formula is C108H98BN5. The molecule has 0 fully saturated rings. The molecule has 558 valence electrons. The molecule has 0 amide bonds. The van der Waals surface area contributed by atoms with Gasteiger partial charge in [0.1, 0.15) is 0 Å². The minimum atomic E-state index is -0.207. The van der Waals surface area contributed by atoms with Gasteiger partial charge in [0.15, 0.2) is 0 Å². The predicted molar refractivity (Wildman–Crippen MR) is 488 cm³/mol. The van der Waals surface area contributed by atoms with E-state index in [0.717, 1.165) is 75.1 Å². The van der Waals surface area contributed by atoms with E-state index in [0.29, 0.717) is 0 Å². The van der Waals surface area contributed by atoms with Gasteiger partial charge in [-0.15, -0.1) is 0 Å². The van der Waals surface area contributed by atoms with Gasteiger partial charge in [-0.2, -0.15) is 0 Å². The van der Waals surface area contributed by atoms with Crippen molar-refractivity contribution in [3.63, 3.8) is 0 Å². The number of anilines is 6. The van der Waals surface area contributed by atoms with Crippen molar-refractivity contribution in [2.24, 2.45) is 0 Å². The predicted octanol–water partition coefficient (Wildman–Crippen LogP) is 27.4. The van der Waals surface area contributed by atoms with Crippen LogP contribution in [0.2, 0.25) is 0 Å². The van der Waals surface area contributed by atoms with Crippen molar-refractivity contribution in [1.29, 1.82) is 0 Å². The van der Waals surface area contributed by atoms with Crippen molar-refractivity contribution in [2.75, 3.05) is 9.80 Å². The lowest BCUT2D eigenvalue weighted by Crippen LogP contribution is -2.61. The normalized spacial score (nSPS) is 15.9. The van der Waals surface area contributed by atoms with Gasteiger partial charge in [0.2, 0.25) is 0 Å². The third-order valence-electron chi connectivity index (χ3n) is 27.3. The SMILES string of the molecule is CC(C)(C)c1ccc2c(c1)c1ccccc1n2-c1ccc2c(c1)N(c1ccc(-c3ccc4c(c3)C(C)(C)CCC4(C)C)cc1)c1cc(-n3c4ccccc4c4cc(-c5ccccc5)ccc43)cc3c1B2c1ccc(-n2c4ccccc4c4cc(C(C)(C)C)ccc42)cc1N3c1ccc(-c2ccc3c(c2)C(C)(C)CCC3(C)C)cc1. The first-order valence-electron chi connectivity index (χ1n) is 41.5. The summed E-state index contributed by atoms with van der Waals surface area (Å²) in [6.07, 6.45) is 4.68. The molecule has 114 heavy (non-hydrogen) atoms. The third-order valence-corrected chi connectivity index (χ3v) is 27.3. The summed E-state index contributed by atoms with van der Waals surface area (Å²) in [5, 5.41) is 7.45. The van der Waals surface area contributed by atoms with Crippen LogP contribution in [-0.2, 0) is 32.5 Å². The zero-order chi connectivity index (χ0) is 78.0. The Balaban J connectivity index is 0.858. The van der Waals surface area contributed by atoms with Gasteiger partial charge >= 0.3 is 0 Å². The number of benzene rings is 14. The fraction of sp³-hybridized carbons (Fsp3) is 0.222. The number of para-hydroxylation sites is 3. The lowest BCUT2D eigenvalue weighted by atomic mass is 9.33. The standard InChI is InChI=1S/C108H98BN5/c1-103(2,3)73-39-52-96-84(61-73)81-27-19-21-29-92(81)112(96)77-45-49-90-98(63-77)110(75-41-32-68(33-42-75)71-36-47-86-88(59-71)107(11,12)56-54-105(86,7)8)100-65-79(114-94-31-23-18-26-80(94)83-58-70(38-51-95(83)114)67-24-16-15-17-25-67)66-101-102(100)109(90)91-50-46-78(113-93-30-22-20-28-82(93)85-62-74(104(4,5)6)40-53-97(85)113)64-99(91)111(101)76-43-34-69(35-44-76)72-37-48-87-89(60-72)108(13,14)57-55-106(87,9)10/h15-53,58-66H,54-57H2,1-14H3. The highest BCUT2D eigenvalue weighted by Gasteiger charge is 2.46. The molecule has 0 radical (unpaired) electrons. The molecule has 3 aromatic heterocycles. The molecule has 0 N–H and O–H groups in total. The number of fused-ring (bicyclic) bond motifs is 15. The Bertz CT molecular complexity index is 6540. The van der Waals surface area contributed by atoms with E-state index in [4.69, 9.17) is 0 Å². The van der Waals surface area contributed by atoms with Gasteiger partial charge in [0.05, 0.1) is 38.8 Å². The zero-order valence-corrected chi connectivity index (χ0v) is 68.4. The molecule has 6 heteroatoms. The van der Waals surface area contributed by atoms with Crippen molar-refractivity contribution in [2.45, 2.75) is 155 Å². The molecule has 21 rings (SSSR count). The Morgan fingerprint density at radius 1 is 0.246 bits per heavy atom. The van der Waals surface area contributed by atoms with Crippen LogP contribution in [0, 0.1) is 0 Å². The number of nitrogens with zero attached hydrogens (tertiary/aromatic N) is 5. The minimum Gasteiger partial charge on any atom is -0.311 e. The van der Waals surface area contributed by atoms with E-state index >= 15 is 0 Å². The molecule has 0 atom stereocenters. The quantitative estimate of drug-likeness (QED) is 0.141. The van der Waals surface area contributed by atoms with Crippen LogP contribution >= 0.6 is 0 Å². The Labute approximate surface area is 671 Å². The molecule has 0 spiro atoms. The summed E-state index contributed by atoms with van der Waals surface area (Å²) in [5.74, 6) is 0. The fourth-order valence-corrected chi connectivity index (χ4v) is 20.6. The maximum absolute atomic E-state index is 2.65. The van der Waals surface area contributed by atoms with E-state index < -0.39 is 0 Å². The molecule has 14 aromatic carbocycles. The summed E-state index contributed by atoms with van der Waals surface area (Å²) < 4.78 is 7.63. The average molecular weight is 1480 g/mol. The van der Waals surface area contributed by atoms with E-state index in [2.05, 4.69) is 412 Å². The molecule has 0 unspecified atom stereocenters. The first-order chi connectivity index (χ1) is 54.7. The van der Waals surface area contributed by atoms with Crippen molar-refractivity contribution in [3.05, 3.63) is 325 Å². The van der Waals surface area contributed by atoms with Gasteiger partial charge in [-0.05, 0) is 257 Å². The van der Waals surface area contributed by atoms with Crippen LogP contribution in [0.25, 0.3) is 116 Å². The first-order valence-corrected chi connectivity index (χ1v) is 41.5. The largest absolute Gasteiger partial charge is 0.311 e. The fourth-order valence-electron chi connectivity index (χ4n) is 20.6. The zero-order valence-electron chi connectivity index (χ0n) is 68.4. The summed E-state index contributed by atoms with van der Waals surface area (Å²) in [5.41, 5.74) is 37.0. The number of aromatic nitrogens is 3. The van der Waals surface area contributed by atoms with E-state index in [9.17, 15) is 0 Å². The smallest absolute Gasteiger partial charge is 0.252 e. The van der Waals surface area contributed by atoms with E-state index in [-0.39, 0.29) is 39.2 Å². The molecule has 0 saturated heterocycles. The highest BCUT2D eigenvalue weighted by atomic mass is 15.2. The summed E-state index contributed by atoms with van der Waals surface area (Å²) >= 11 is 0. The van der Waals surface area contributed by atoms with Crippen LogP contribution in [0.4, 0.5) is 34.1 Å². The molecule has 5 nitrogen and oxygen atoms in total. The van der Waals surface area contributed by atoms with Crippen LogP contribution in [0.3, 0.4) is 0 Å². The highest BCUT2D eigenvalue weighted by molar-refractivity contribution is 7.00. The summed E-state index contributed by atoms with van der Waals surface area (Å²) in [6.45, 7) is 33.3. The molecule has 17 aromatic rings. The van der Waals surface area contributed by atoms with Gasteiger partial charge in [-0.1, -0.05) is 273 Å². The minimum absolute atomic E-state index is 0.0327. The monoisotopic (exact) mass is 1480 g/mol. The van der Waals surface area contributed by atoms with Crippen LogP contribution in [0.15, 0.2) is 291 Å². The van der Waals surface area contributed by atoms with Gasteiger partial charge in [-0.3, -0.25) is 0 Å². The topological polar surface area (TPSA) is 21.3 Å². The van der Waals surface area contributed by atoms with E-state index in [1.807, 2.05) is 0 Å². The van der Waals surface area contributed by atoms with Crippen molar-refractivity contribution >= 4 is 123 Å². The number of hydrogen-bond acceptors (Lipinski definition) is 2. The summed E-state index contributed by atoms with van der Waals surface area (Å²) in [6, 6.07) is 114. The van der Waals surface area contributed by atoms with Crippen molar-refractivity contribution < 1.29 is 0 Å². The van der Waals surface area contributed by atoms with E-state index in [1.165, 1.54) is 150 Å². The third kappa shape index (κ3) is 10.8. The second-order valence-corrected chi connectivity index (χ2v) is 38.3. The second kappa shape index (κ2) is 24.8. The summed E-state index contributed by atoms with van der Waals surface area (Å²) in [4.78, 5) is 5.30. The van der Waals surface area contributed by atoms with Gasteiger partial charge < -0.3 is 23.5 Å². The lowest BCUT2D eigenvalue weighted by molar-refractivity contribution is 0.332. The van der Waals surface area contributed by atoms with Crippen LogP contribution in [0.5, 0.6) is 0 Å².